The molecule has 0 aliphatic heterocycles. The van der Waals surface area contributed by atoms with Gasteiger partial charge in [0, 0.05) is 56.3 Å². The van der Waals surface area contributed by atoms with Gasteiger partial charge in [0.05, 0.1) is 0 Å². The van der Waals surface area contributed by atoms with Crippen LogP contribution >= 0.6 is 0 Å². The Hall–Kier alpha value is -1.84. The van der Waals surface area contributed by atoms with Gasteiger partial charge in [-0.1, -0.05) is 0 Å². The number of hydrogen-bond acceptors (Lipinski definition) is 2. The predicted octanol–water partition coefficient (Wildman–Crippen LogP) is 2.37. The van der Waals surface area contributed by atoms with Crippen LogP contribution in [0.2, 0.25) is 0 Å². The normalized spacial score (nSPS) is 15.3. The van der Waals surface area contributed by atoms with Crippen molar-refractivity contribution in [2.24, 2.45) is 7.05 Å². The third-order valence-corrected chi connectivity index (χ3v) is 3.91. The highest BCUT2D eigenvalue weighted by molar-refractivity contribution is 5.97. The molecule has 4 nitrogen and oxygen atoms in total. The van der Waals surface area contributed by atoms with E-state index in [0.29, 0.717) is 12.2 Å². The van der Waals surface area contributed by atoms with Crippen molar-refractivity contribution in [3.63, 3.8) is 0 Å². The Labute approximate surface area is 113 Å². The van der Waals surface area contributed by atoms with Crippen molar-refractivity contribution in [2.45, 2.75) is 38.6 Å². The molecule has 1 aliphatic rings. The van der Waals surface area contributed by atoms with Crippen LogP contribution in [0.25, 0.3) is 0 Å². The van der Waals surface area contributed by atoms with Crippen molar-refractivity contribution >= 4 is 5.78 Å². The first-order valence-corrected chi connectivity index (χ1v) is 6.93. The van der Waals surface area contributed by atoms with E-state index in [1.807, 2.05) is 30.2 Å². The molecular formula is C15H19N3O. The van der Waals surface area contributed by atoms with Crippen molar-refractivity contribution in [1.29, 1.82) is 0 Å². The Morgan fingerprint density at radius 2 is 2.11 bits per heavy atom. The van der Waals surface area contributed by atoms with Gasteiger partial charge in [0.25, 0.3) is 0 Å². The quantitative estimate of drug-likeness (QED) is 0.792. The third-order valence-electron chi connectivity index (χ3n) is 3.91. The van der Waals surface area contributed by atoms with Crippen LogP contribution in [0, 0.1) is 0 Å². The van der Waals surface area contributed by atoms with E-state index in [1.165, 1.54) is 11.3 Å². The van der Waals surface area contributed by atoms with Crippen LogP contribution in [-0.4, -0.2) is 20.1 Å². The fourth-order valence-electron chi connectivity index (χ4n) is 2.76. The van der Waals surface area contributed by atoms with E-state index in [0.717, 1.165) is 37.8 Å². The highest BCUT2D eigenvalue weighted by Gasteiger charge is 2.17. The van der Waals surface area contributed by atoms with E-state index >= 15 is 0 Å². The van der Waals surface area contributed by atoms with E-state index in [2.05, 4.69) is 15.9 Å². The summed E-state index contributed by atoms with van der Waals surface area (Å²) in [4.78, 5) is 12.0. The minimum atomic E-state index is 0.312. The fourth-order valence-corrected chi connectivity index (χ4v) is 2.76. The Bertz CT molecular complexity index is 594. The summed E-state index contributed by atoms with van der Waals surface area (Å²) in [5, 5.41) is 4.17. The van der Waals surface area contributed by atoms with Crippen molar-refractivity contribution in [3.8, 4) is 0 Å². The topological polar surface area (TPSA) is 39.8 Å². The maximum Gasteiger partial charge on any atom is 0.164 e. The maximum absolute atomic E-state index is 12.0. The molecule has 0 amide bonds. The van der Waals surface area contributed by atoms with Gasteiger partial charge >= 0.3 is 0 Å². The van der Waals surface area contributed by atoms with Crippen molar-refractivity contribution in [3.05, 3.63) is 41.5 Å². The smallest absolute Gasteiger partial charge is 0.164 e. The SMILES string of the molecule is Cn1nccc1CCn1cc2c(c1)C(=O)CCCC2. The number of fused-ring (bicyclic) bond motifs is 1. The van der Waals surface area contributed by atoms with Gasteiger partial charge in [0.2, 0.25) is 0 Å². The molecule has 0 unspecified atom stereocenters. The van der Waals surface area contributed by atoms with Gasteiger partial charge in [-0.2, -0.15) is 5.10 Å². The zero-order valence-corrected chi connectivity index (χ0v) is 11.3. The molecule has 1 aliphatic carbocycles. The molecule has 0 N–H and O–H groups in total. The van der Waals surface area contributed by atoms with Gasteiger partial charge < -0.3 is 4.57 Å². The molecule has 2 aromatic heterocycles. The molecule has 0 aromatic carbocycles. The summed E-state index contributed by atoms with van der Waals surface area (Å²) in [6, 6.07) is 2.04. The largest absolute Gasteiger partial charge is 0.353 e. The summed E-state index contributed by atoms with van der Waals surface area (Å²) in [7, 11) is 1.96. The van der Waals surface area contributed by atoms with E-state index in [9.17, 15) is 4.79 Å². The van der Waals surface area contributed by atoms with Crippen LogP contribution in [0.3, 0.4) is 0 Å². The highest BCUT2D eigenvalue weighted by atomic mass is 16.1. The van der Waals surface area contributed by atoms with Gasteiger partial charge in [0.15, 0.2) is 5.78 Å². The molecule has 0 radical (unpaired) electrons. The first-order valence-electron chi connectivity index (χ1n) is 6.93. The minimum Gasteiger partial charge on any atom is -0.353 e. The second-order valence-electron chi connectivity index (χ2n) is 5.26. The molecule has 0 saturated heterocycles. The van der Waals surface area contributed by atoms with Gasteiger partial charge in [0.1, 0.15) is 0 Å². The lowest BCUT2D eigenvalue weighted by atomic mass is 10.1. The molecule has 0 bridgehead atoms. The van der Waals surface area contributed by atoms with Gasteiger partial charge in [-0.3, -0.25) is 9.48 Å². The number of nitrogens with zero attached hydrogens (tertiary/aromatic N) is 3. The lowest BCUT2D eigenvalue weighted by Gasteiger charge is -2.03. The number of aromatic nitrogens is 3. The lowest BCUT2D eigenvalue weighted by molar-refractivity contribution is 0.0982. The van der Waals surface area contributed by atoms with Crippen LogP contribution in [0.15, 0.2) is 24.7 Å². The third kappa shape index (κ3) is 2.48. The molecule has 0 spiro atoms. The van der Waals surface area contributed by atoms with Crippen molar-refractivity contribution in [1.82, 2.24) is 14.3 Å². The van der Waals surface area contributed by atoms with Gasteiger partial charge in [-0.25, -0.2) is 0 Å². The molecule has 100 valence electrons. The first kappa shape index (κ1) is 12.2. The van der Waals surface area contributed by atoms with Crippen LogP contribution in [0.1, 0.15) is 40.9 Å². The summed E-state index contributed by atoms with van der Waals surface area (Å²) >= 11 is 0. The first-order chi connectivity index (χ1) is 9.24. The molecule has 4 heteroatoms. The lowest BCUT2D eigenvalue weighted by Crippen LogP contribution is -2.04. The number of carbonyl (C=O) groups is 1. The number of rotatable bonds is 3. The number of aryl methyl sites for hydroxylation is 4. The summed E-state index contributed by atoms with van der Waals surface area (Å²) in [5.41, 5.74) is 3.39. The molecule has 0 atom stereocenters. The van der Waals surface area contributed by atoms with Gasteiger partial charge in [-0.15, -0.1) is 0 Å². The standard InChI is InChI=1S/C15H19N3O/c1-17-13(6-8-16-17)7-9-18-10-12-4-2-3-5-15(19)14(12)11-18/h6,8,10-11H,2-5,7,9H2,1H3. The van der Waals surface area contributed by atoms with E-state index in [-0.39, 0.29) is 0 Å². The van der Waals surface area contributed by atoms with E-state index in [1.54, 1.807) is 0 Å². The fraction of sp³-hybridized carbons (Fsp3) is 0.467. The zero-order chi connectivity index (χ0) is 13.2. The Morgan fingerprint density at radius 3 is 2.89 bits per heavy atom. The summed E-state index contributed by atoms with van der Waals surface area (Å²) in [6.07, 6.45) is 10.8. The average molecular weight is 257 g/mol. The summed E-state index contributed by atoms with van der Waals surface area (Å²) < 4.78 is 4.06. The maximum atomic E-state index is 12.0. The summed E-state index contributed by atoms with van der Waals surface area (Å²) in [5.74, 6) is 0.312. The molecular weight excluding hydrogens is 238 g/mol. The molecule has 2 heterocycles. The number of hydrogen-bond donors (Lipinski definition) is 0. The number of ketones is 1. The second kappa shape index (κ2) is 5.03. The molecule has 19 heavy (non-hydrogen) atoms. The molecule has 0 saturated carbocycles. The number of carbonyl (C=O) groups excluding carboxylic acids is 1. The van der Waals surface area contributed by atoms with Crippen molar-refractivity contribution in [2.75, 3.05) is 0 Å². The Balaban J connectivity index is 1.74. The Morgan fingerprint density at radius 1 is 1.26 bits per heavy atom. The highest BCUT2D eigenvalue weighted by Crippen LogP contribution is 2.21. The zero-order valence-electron chi connectivity index (χ0n) is 11.3. The van der Waals surface area contributed by atoms with Crippen LogP contribution in [0.4, 0.5) is 0 Å². The van der Waals surface area contributed by atoms with Crippen molar-refractivity contribution < 1.29 is 4.79 Å². The number of Topliss-reactive ketones (excluding diaryl/α,β-unsaturated/α-hetero) is 1. The summed E-state index contributed by atoms with van der Waals surface area (Å²) in [6.45, 7) is 0.903. The van der Waals surface area contributed by atoms with E-state index in [4.69, 9.17) is 0 Å². The Kier molecular flexibility index (Phi) is 3.23. The van der Waals surface area contributed by atoms with E-state index < -0.39 is 0 Å². The molecule has 2 aromatic rings. The predicted molar refractivity (Wildman–Crippen MR) is 73.2 cm³/mol. The molecule has 3 rings (SSSR count). The van der Waals surface area contributed by atoms with Crippen LogP contribution < -0.4 is 0 Å². The van der Waals surface area contributed by atoms with Crippen LogP contribution in [-0.2, 0) is 26.4 Å². The molecule has 0 fully saturated rings. The van der Waals surface area contributed by atoms with Gasteiger partial charge in [-0.05, 0) is 30.9 Å². The monoisotopic (exact) mass is 257 g/mol. The van der Waals surface area contributed by atoms with Crippen LogP contribution in [0.5, 0.6) is 0 Å². The minimum absolute atomic E-state index is 0.312. The average Bonchev–Trinajstić information content (AvgIpc) is 2.95. The second-order valence-corrected chi connectivity index (χ2v) is 5.26.